The van der Waals surface area contributed by atoms with Crippen LogP contribution in [0, 0.1) is 18.8 Å². The second-order valence-corrected chi connectivity index (χ2v) is 7.35. The summed E-state index contributed by atoms with van der Waals surface area (Å²) in [6.45, 7) is 13.8. The smallest absolute Gasteiger partial charge is 0.0234 e. The Labute approximate surface area is 130 Å². The summed E-state index contributed by atoms with van der Waals surface area (Å²) < 4.78 is 0. The van der Waals surface area contributed by atoms with Crippen molar-refractivity contribution in [3.63, 3.8) is 0 Å². The van der Waals surface area contributed by atoms with Gasteiger partial charge in [0, 0.05) is 25.7 Å². The molecule has 118 valence electrons. The van der Waals surface area contributed by atoms with Crippen LogP contribution in [0.5, 0.6) is 0 Å². The lowest BCUT2D eigenvalue weighted by atomic mass is 9.95. The van der Waals surface area contributed by atoms with E-state index in [1.807, 2.05) is 0 Å². The fourth-order valence-corrected chi connectivity index (χ4v) is 3.27. The molecule has 2 rings (SSSR count). The Hall–Kier alpha value is -0.860. The average molecular weight is 288 g/mol. The molecular formula is C19H32N2. The van der Waals surface area contributed by atoms with Crippen molar-refractivity contribution in [3.05, 3.63) is 35.4 Å². The van der Waals surface area contributed by atoms with E-state index in [0.717, 1.165) is 24.9 Å². The third-order valence-electron chi connectivity index (χ3n) is 4.42. The van der Waals surface area contributed by atoms with Crippen molar-refractivity contribution in [1.29, 1.82) is 0 Å². The number of hydrogen-bond acceptors (Lipinski definition) is 2. The summed E-state index contributed by atoms with van der Waals surface area (Å²) in [6, 6.07) is 9.66. The molecule has 1 aliphatic rings. The Balaban J connectivity index is 1.83. The molecular weight excluding hydrogens is 256 g/mol. The van der Waals surface area contributed by atoms with Crippen molar-refractivity contribution in [2.75, 3.05) is 19.6 Å². The van der Waals surface area contributed by atoms with E-state index in [9.17, 15) is 0 Å². The topological polar surface area (TPSA) is 15.3 Å². The molecule has 2 heteroatoms. The molecule has 2 atom stereocenters. The number of rotatable bonds is 6. The van der Waals surface area contributed by atoms with E-state index in [4.69, 9.17) is 0 Å². The average Bonchev–Trinajstić information content (AvgIpc) is 2.40. The van der Waals surface area contributed by atoms with Crippen LogP contribution >= 0.6 is 0 Å². The van der Waals surface area contributed by atoms with Gasteiger partial charge in [-0.05, 0) is 43.7 Å². The number of nitrogens with zero attached hydrogens (tertiary/aromatic N) is 1. The van der Waals surface area contributed by atoms with E-state index in [0.29, 0.717) is 6.04 Å². The molecule has 0 spiro atoms. The third kappa shape index (κ3) is 5.80. The van der Waals surface area contributed by atoms with Gasteiger partial charge in [0.15, 0.2) is 0 Å². The van der Waals surface area contributed by atoms with E-state index in [1.54, 1.807) is 0 Å². The van der Waals surface area contributed by atoms with Gasteiger partial charge in [0.2, 0.25) is 0 Å². The van der Waals surface area contributed by atoms with Gasteiger partial charge in [0.1, 0.15) is 0 Å². The maximum Gasteiger partial charge on any atom is 0.0234 e. The van der Waals surface area contributed by atoms with Crippen LogP contribution in [0.15, 0.2) is 24.3 Å². The Morgan fingerprint density at radius 3 is 2.57 bits per heavy atom. The maximum absolute atomic E-state index is 3.77. The van der Waals surface area contributed by atoms with Crippen LogP contribution in [0.4, 0.5) is 0 Å². The van der Waals surface area contributed by atoms with Crippen molar-refractivity contribution >= 4 is 0 Å². The molecule has 0 saturated carbocycles. The van der Waals surface area contributed by atoms with Gasteiger partial charge in [-0.2, -0.15) is 0 Å². The molecule has 1 aliphatic heterocycles. The maximum atomic E-state index is 3.77. The van der Waals surface area contributed by atoms with Gasteiger partial charge in [0.25, 0.3) is 0 Å². The first-order valence-electron chi connectivity index (χ1n) is 8.54. The molecule has 0 bridgehead atoms. The number of benzene rings is 1. The van der Waals surface area contributed by atoms with Crippen LogP contribution in [0.2, 0.25) is 0 Å². The summed E-state index contributed by atoms with van der Waals surface area (Å²) in [5.74, 6) is 1.59. The second-order valence-electron chi connectivity index (χ2n) is 7.35. The van der Waals surface area contributed by atoms with Gasteiger partial charge in [-0.1, -0.05) is 50.6 Å². The minimum atomic E-state index is 0.665. The molecule has 1 saturated heterocycles. The molecule has 1 N–H and O–H groups in total. The number of nitrogens with one attached hydrogen (secondary N) is 1. The van der Waals surface area contributed by atoms with Crippen LogP contribution in [0.1, 0.15) is 44.7 Å². The predicted molar refractivity (Wildman–Crippen MR) is 91.5 cm³/mol. The monoisotopic (exact) mass is 288 g/mol. The number of aryl methyl sites for hydroxylation is 1. The lowest BCUT2D eigenvalue weighted by Gasteiger charge is -2.37. The summed E-state index contributed by atoms with van der Waals surface area (Å²) >= 11 is 0. The third-order valence-corrected chi connectivity index (χ3v) is 4.42. The standard InChI is InChI=1S/C19H32N2/c1-15(2)9-10-20-19-11-17(4)12-21(14-19)13-18-7-5-16(3)6-8-18/h5-8,15,17,19-20H,9-14H2,1-4H3. The Kier molecular flexibility index (Phi) is 6.25. The summed E-state index contributed by atoms with van der Waals surface area (Å²) in [5, 5.41) is 3.77. The number of piperidine rings is 1. The second kappa shape index (κ2) is 7.95. The highest BCUT2D eigenvalue weighted by Gasteiger charge is 2.24. The lowest BCUT2D eigenvalue weighted by molar-refractivity contribution is 0.142. The summed E-state index contributed by atoms with van der Waals surface area (Å²) in [5.41, 5.74) is 2.79. The minimum Gasteiger partial charge on any atom is -0.313 e. The van der Waals surface area contributed by atoms with Crippen LogP contribution in [-0.4, -0.2) is 30.6 Å². The van der Waals surface area contributed by atoms with E-state index in [2.05, 4.69) is 62.2 Å². The van der Waals surface area contributed by atoms with E-state index in [1.165, 1.54) is 37.1 Å². The fourth-order valence-electron chi connectivity index (χ4n) is 3.27. The molecule has 0 aliphatic carbocycles. The van der Waals surface area contributed by atoms with Gasteiger partial charge < -0.3 is 5.32 Å². The molecule has 1 aromatic carbocycles. The van der Waals surface area contributed by atoms with Crippen molar-refractivity contribution < 1.29 is 0 Å². The van der Waals surface area contributed by atoms with Gasteiger partial charge in [0.05, 0.1) is 0 Å². The number of hydrogen-bond donors (Lipinski definition) is 1. The normalized spacial score (nSPS) is 23.7. The molecule has 1 heterocycles. The highest BCUT2D eigenvalue weighted by atomic mass is 15.2. The van der Waals surface area contributed by atoms with Crippen molar-refractivity contribution in [3.8, 4) is 0 Å². The van der Waals surface area contributed by atoms with Crippen LogP contribution < -0.4 is 5.32 Å². The van der Waals surface area contributed by atoms with E-state index in [-0.39, 0.29) is 0 Å². The Morgan fingerprint density at radius 2 is 1.90 bits per heavy atom. The molecule has 2 nitrogen and oxygen atoms in total. The summed E-state index contributed by atoms with van der Waals surface area (Å²) in [7, 11) is 0. The predicted octanol–water partition coefficient (Wildman–Crippen LogP) is 3.84. The first-order valence-corrected chi connectivity index (χ1v) is 8.54. The van der Waals surface area contributed by atoms with Crippen molar-refractivity contribution in [2.24, 2.45) is 11.8 Å². The fraction of sp³-hybridized carbons (Fsp3) is 0.684. The minimum absolute atomic E-state index is 0.665. The van der Waals surface area contributed by atoms with Gasteiger partial charge >= 0.3 is 0 Å². The van der Waals surface area contributed by atoms with Crippen molar-refractivity contribution in [2.45, 2.75) is 53.1 Å². The molecule has 0 aromatic heterocycles. The summed E-state index contributed by atoms with van der Waals surface area (Å²) in [6.07, 6.45) is 2.60. The highest BCUT2D eigenvalue weighted by molar-refractivity contribution is 5.21. The molecule has 21 heavy (non-hydrogen) atoms. The van der Waals surface area contributed by atoms with E-state index < -0.39 is 0 Å². The molecule has 0 radical (unpaired) electrons. The van der Waals surface area contributed by atoms with Gasteiger partial charge in [-0.3, -0.25) is 4.90 Å². The van der Waals surface area contributed by atoms with E-state index >= 15 is 0 Å². The zero-order chi connectivity index (χ0) is 15.2. The largest absolute Gasteiger partial charge is 0.313 e. The van der Waals surface area contributed by atoms with Crippen LogP contribution in [0.3, 0.4) is 0 Å². The van der Waals surface area contributed by atoms with Gasteiger partial charge in [-0.25, -0.2) is 0 Å². The van der Waals surface area contributed by atoms with Crippen molar-refractivity contribution in [1.82, 2.24) is 10.2 Å². The Bertz CT molecular complexity index is 410. The number of likely N-dealkylation sites (tertiary alicyclic amines) is 1. The quantitative estimate of drug-likeness (QED) is 0.855. The zero-order valence-corrected chi connectivity index (χ0v) is 14.2. The summed E-state index contributed by atoms with van der Waals surface area (Å²) in [4.78, 5) is 2.62. The first kappa shape index (κ1) is 16.5. The van der Waals surface area contributed by atoms with Crippen LogP contribution in [0.25, 0.3) is 0 Å². The molecule has 0 amide bonds. The van der Waals surface area contributed by atoms with Gasteiger partial charge in [-0.15, -0.1) is 0 Å². The zero-order valence-electron chi connectivity index (χ0n) is 14.2. The van der Waals surface area contributed by atoms with Crippen LogP contribution in [-0.2, 0) is 6.54 Å². The highest BCUT2D eigenvalue weighted by Crippen LogP contribution is 2.19. The molecule has 2 unspecified atom stereocenters. The Morgan fingerprint density at radius 1 is 1.19 bits per heavy atom. The first-order chi connectivity index (χ1) is 10.0. The molecule has 1 fully saturated rings. The SMILES string of the molecule is Cc1ccc(CN2CC(C)CC(NCCC(C)C)C2)cc1. The lowest BCUT2D eigenvalue weighted by Crippen LogP contribution is -2.48. The molecule has 1 aromatic rings.